The monoisotopic (exact) mass is 273 g/mol. The lowest BCUT2D eigenvalue weighted by Gasteiger charge is -2.32. The molecule has 1 aliphatic heterocycles. The molecule has 108 valence electrons. The molecule has 1 aromatic heterocycles. The number of nitrogens with one attached hydrogen (secondary N) is 1. The summed E-state index contributed by atoms with van der Waals surface area (Å²) in [7, 11) is 0. The van der Waals surface area contributed by atoms with Crippen LogP contribution in [0.2, 0.25) is 0 Å². The lowest BCUT2D eigenvalue weighted by atomic mass is 10.00. The van der Waals surface area contributed by atoms with Crippen molar-refractivity contribution >= 4 is 16.8 Å². The molecular formula is C16H23N3O. The van der Waals surface area contributed by atoms with Gasteiger partial charge in [-0.05, 0) is 31.9 Å². The van der Waals surface area contributed by atoms with Crippen molar-refractivity contribution in [1.29, 1.82) is 0 Å². The standard InChI is InChI=1S/C16H23N3O/c1-5-13-18-14-10(2)11(3)15(12(4)16(14)20-13)19-8-6-17-7-9-19/h17H,5-9H2,1-4H3. The van der Waals surface area contributed by atoms with Crippen LogP contribution in [0.15, 0.2) is 4.42 Å². The summed E-state index contributed by atoms with van der Waals surface area (Å²) < 4.78 is 5.96. The third-order valence-electron chi connectivity index (χ3n) is 4.38. The van der Waals surface area contributed by atoms with Gasteiger partial charge in [0.1, 0.15) is 5.52 Å². The first-order chi connectivity index (χ1) is 9.63. The van der Waals surface area contributed by atoms with E-state index in [2.05, 4.69) is 42.9 Å². The molecule has 0 unspecified atom stereocenters. The van der Waals surface area contributed by atoms with Crippen molar-refractivity contribution in [3.63, 3.8) is 0 Å². The molecular weight excluding hydrogens is 250 g/mol. The Morgan fingerprint density at radius 2 is 1.80 bits per heavy atom. The maximum Gasteiger partial charge on any atom is 0.195 e. The Bertz CT molecular complexity index is 639. The first kappa shape index (κ1) is 13.4. The van der Waals surface area contributed by atoms with E-state index in [1.54, 1.807) is 0 Å². The minimum Gasteiger partial charge on any atom is -0.440 e. The highest BCUT2D eigenvalue weighted by atomic mass is 16.3. The first-order valence-corrected chi connectivity index (χ1v) is 7.48. The fraction of sp³-hybridized carbons (Fsp3) is 0.562. The molecule has 1 aromatic carbocycles. The quantitative estimate of drug-likeness (QED) is 0.913. The molecule has 0 spiro atoms. The van der Waals surface area contributed by atoms with Gasteiger partial charge in [-0.25, -0.2) is 4.98 Å². The van der Waals surface area contributed by atoms with Crippen LogP contribution in [0.25, 0.3) is 11.1 Å². The third-order valence-corrected chi connectivity index (χ3v) is 4.38. The van der Waals surface area contributed by atoms with Crippen LogP contribution in [-0.4, -0.2) is 31.2 Å². The van der Waals surface area contributed by atoms with Crippen LogP contribution in [0.4, 0.5) is 5.69 Å². The van der Waals surface area contributed by atoms with E-state index in [1.165, 1.54) is 22.4 Å². The zero-order valence-corrected chi connectivity index (χ0v) is 12.8. The molecule has 2 aromatic rings. The Morgan fingerprint density at radius 1 is 1.10 bits per heavy atom. The summed E-state index contributed by atoms with van der Waals surface area (Å²) in [6.07, 6.45) is 0.843. The molecule has 1 aliphatic rings. The maximum atomic E-state index is 5.96. The fourth-order valence-electron chi connectivity index (χ4n) is 3.13. The van der Waals surface area contributed by atoms with Crippen LogP contribution < -0.4 is 10.2 Å². The second kappa shape index (κ2) is 5.09. The Morgan fingerprint density at radius 3 is 2.45 bits per heavy atom. The molecule has 4 heteroatoms. The molecule has 0 atom stereocenters. The van der Waals surface area contributed by atoms with E-state index in [-0.39, 0.29) is 0 Å². The molecule has 20 heavy (non-hydrogen) atoms. The van der Waals surface area contributed by atoms with Gasteiger partial charge in [-0.1, -0.05) is 6.92 Å². The van der Waals surface area contributed by atoms with Crippen LogP contribution in [0, 0.1) is 20.8 Å². The van der Waals surface area contributed by atoms with Crippen LogP contribution in [0.5, 0.6) is 0 Å². The van der Waals surface area contributed by atoms with Crippen LogP contribution in [-0.2, 0) is 6.42 Å². The zero-order chi connectivity index (χ0) is 14.3. The zero-order valence-electron chi connectivity index (χ0n) is 12.8. The van der Waals surface area contributed by atoms with Gasteiger partial charge in [0.15, 0.2) is 11.5 Å². The van der Waals surface area contributed by atoms with E-state index >= 15 is 0 Å². The molecule has 0 aliphatic carbocycles. The van der Waals surface area contributed by atoms with Gasteiger partial charge in [0.25, 0.3) is 0 Å². The molecule has 2 heterocycles. The second-order valence-electron chi connectivity index (χ2n) is 5.60. The van der Waals surface area contributed by atoms with Crippen molar-refractivity contribution < 1.29 is 4.42 Å². The SMILES string of the molecule is CCc1nc2c(C)c(C)c(N3CCNCC3)c(C)c2o1. The van der Waals surface area contributed by atoms with Gasteiger partial charge in [0.05, 0.1) is 0 Å². The van der Waals surface area contributed by atoms with Gasteiger partial charge < -0.3 is 14.6 Å². The van der Waals surface area contributed by atoms with E-state index in [0.29, 0.717) is 0 Å². The lowest BCUT2D eigenvalue weighted by Crippen LogP contribution is -2.44. The number of aryl methyl sites for hydroxylation is 3. The van der Waals surface area contributed by atoms with E-state index in [9.17, 15) is 0 Å². The van der Waals surface area contributed by atoms with Crippen molar-refractivity contribution in [1.82, 2.24) is 10.3 Å². The van der Waals surface area contributed by atoms with Gasteiger partial charge >= 0.3 is 0 Å². The highest BCUT2D eigenvalue weighted by Crippen LogP contribution is 2.35. The third kappa shape index (κ3) is 1.99. The summed E-state index contributed by atoms with van der Waals surface area (Å²) in [4.78, 5) is 7.12. The van der Waals surface area contributed by atoms with Gasteiger partial charge in [-0.3, -0.25) is 0 Å². The number of aromatic nitrogens is 1. The minimum absolute atomic E-state index is 0.836. The Labute approximate surface area is 120 Å². The van der Waals surface area contributed by atoms with Crippen LogP contribution in [0.1, 0.15) is 29.5 Å². The molecule has 3 rings (SSSR count). The number of rotatable bonds is 2. The van der Waals surface area contributed by atoms with Crippen LogP contribution >= 0.6 is 0 Å². The highest BCUT2D eigenvalue weighted by Gasteiger charge is 2.22. The van der Waals surface area contributed by atoms with Gasteiger partial charge in [0, 0.05) is 43.9 Å². The van der Waals surface area contributed by atoms with Gasteiger partial charge in [-0.15, -0.1) is 0 Å². The summed E-state index contributed by atoms with van der Waals surface area (Å²) in [5.41, 5.74) is 7.18. The molecule has 1 saturated heterocycles. The second-order valence-corrected chi connectivity index (χ2v) is 5.60. The number of hydrogen-bond acceptors (Lipinski definition) is 4. The number of oxazole rings is 1. The molecule has 0 bridgehead atoms. The molecule has 4 nitrogen and oxygen atoms in total. The number of nitrogens with zero attached hydrogens (tertiary/aromatic N) is 2. The smallest absolute Gasteiger partial charge is 0.195 e. The number of benzene rings is 1. The number of piperazine rings is 1. The number of hydrogen-bond donors (Lipinski definition) is 1. The molecule has 0 saturated carbocycles. The van der Waals surface area contributed by atoms with Gasteiger partial charge in [-0.2, -0.15) is 0 Å². The minimum atomic E-state index is 0.836. The summed E-state index contributed by atoms with van der Waals surface area (Å²) in [6, 6.07) is 0. The fourth-order valence-corrected chi connectivity index (χ4v) is 3.13. The van der Waals surface area contributed by atoms with Crippen LogP contribution in [0.3, 0.4) is 0 Å². The Hall–Kier alpha value is -1.55. The topological polar surface area (TPSA) is 41.3 Å². The van der Waals surface area contributed by atoms with Crippen molar-refractivity contribution in [3.05, 3.63) is 22.6 Å². The largest absolute Gasteiger partial charge is 0.440 e. The van der Waals surface area contributed by atoms with E-state index in [4.69, 9.17) is 4.42 Å². The van der Waals surface area contributed by atoms with Crippen molar-refractivity contribution in [3.8, 4) is 0 Å². The lowest BCUT2D eigenvalue weighted by molar-refractivity contribution is 0.535. The Balaban J connectivity index is 2.20. The van der Waals surface area contributed by atoms with E-state index in [1.807, 2.05) is 0 Å². The normalized spacial score (nSPS) is 16.1. The van der Waals surface area contributed by atoms with Crippen molar-refractivity contribution in [2.24, 2.45) is 0 Å². The summed E-state index contributed by atoms with van der Waals surface area (Å²) in [5, 5.41) is 3.41. The maximum absolute atomic E-state index is 5.96. The summed E-state index contributed by atoms with van der Waals surface area (Å²) >= 11 is 0. The molecule has 0 radical (unpaired) electrons. The van der Waals surface area contributed by atoms with Gasteiger partial charge in [0.2, 0.25) is 0 Å². The molecule has 0 amide bonds. The number of fused-ring (bicyclic) bond motifs is 1. The number of anilines is 1. The van der Waals surface area contributed by atoms with Crippen molar-refractivity contribution in [2.75, 3.05) is 31.1 Å². The Kier molecular flexibility index (Phi) is 3.42. The van der Waals surface area contributed by atoms with E-state index < -0.39 is 0 Å². The molecule has 1 N–H and O–H groups in total. The highest BCUT2D eigenvalue weighted by molar-refractivity contribution is 5.88. The van der Waals surface area contributed by atoms with E-state index in [0.717, 1.165) is 49.6 Å². The molecule has 1 fully saturated rings. The summed E-state index contributed by atoms with van der Waals surface area (Å²) in [5.74, 6) is 0.836. The first-order valence-electron chi connectivity index (χ1n) is 7.48. The average molecular weight is 273 g/mol. The predicted molar refractivity (Wildman–Crippen MR) is 82.7 cm³/mol. The van der Waals surface area contributed by atoms with Crippen molar-refractivity contribution in [2.45, 2.75) is 34.1 Å². The predicted octanol–water partition coefficient (Wildman–Crippen LogP) is 2.73. The summed E-state index contributed by atoms with van der Waals surface area (Å²) in [6.45, 7) is 12.8. The average Bonchev–Trinajstić information content (AvgIpc) is 2.91.